The summed E-state index contributed by atoms with van der Waals surface area (Å²) in [7, 11) is 1.38. The van der Waals surface area contributed by atoms with Gasteiger partial charge in [0.05, 0.1) is 30.6 Å². The molecule has 3 aliphatic carbocycles. The Bertz CT molecular complexity index is 1060. The molecule has 3 aliphatic rings. The summed E-state index contributed by atoms with van der Waals surface area (Å²) in [5.41, 5.74) is 0.0599. The zero-order valence-corrected chi connectivity index (χ0v) is 23.0. The lowest BCUT2D eigenvalue weighted by atomic mass is 9.82. The molecular formula is C29H41FN2O6. The van der Waals surface area contributed by atoms with Crippen LogP contribution in [0.1, 0.15) is 83.0 Å². The quantitative estimate of drug-likeness (QED) is 0.453. The second-order valence-corrected chi connectivity index (χ2v) is 12.4. The number of carboxylic acids is 1. The first-order valence-electron chi connectivity index (χ1n) is 13.8. The van der Waals surface area contributed by atoms with Crippen molar-refractivity contribution in [3.8, 4) is 11.5 Å². The number of amides is 2. The van der Waals surface area contributed by atoms with E-state index in [1.165, 1.54) is 13.2 Å². The van der Waals surface area contributed by atoms with E-state index in [0.717, 1.165) is 25.3 Å². The fraction of sp³-hybridized carbons (Fsp3) is 0.690. The lowest BCUT2D eigenvalue weighted by Crippen LogP contribution is -2.52. The minimum atomic E-state index is -0.821. The van der Waals surface area contributed by atoms with E-state index in [2.05, 4.69) is 31.4 Å². The molecule has 210 valence electrons. The van der Waals surface area contributed by atoms with E-state index in [1.807, 2.05) is 6.92 Å². The Morgan fingerprint density at radius 1 is 1.03 bits per heavy atom. The van der Waals surface area contributed by atoms with Gasteiger partial charge in [-0.15, -0.1) is 0 Å². The first-order valence-corrected chi connectivity index (χ1v) is 13.8. The molecule has 3 N–H and O–H groups in total. The maximum atomic E-state index is 14.9. The summed E-state index contributed by atoms with van der Waals surface area (Å²) in [4.78, 5) is 38.1. The van der Waals surface area contributed by atoms with Crippen LogP contribution in [0.25, 0.3) is 0 Å². The summed E-state index contributed by atoms with van der Waals surface area (Å²) in [6.07, 6.45) is 4.44. The molecule has 5 atom stereocenters. The van der Waals surface area contributed by atoms with Crippen molar-refractivity contribution < 1.29 is 33.4 Å². The number of aliphatic carboxylic acids is 1. The van der Waals surface area contributed by atoms with Gasteiger partial charge in [-0.25, -0.2) is 4.39 Å². The summed E-state index contributed by atoms with van der Waals surface area (Å²) in [6.45, 7) is 8.24. The Morgan fingerprint density at radius 2 is 1.68 bits per heavy atom. The van der Waals surface area contributed by atoms with Crippen molar-refractivity contribution in [2.75, 3.05) is 7.11 Å². The van der Waals surface area contributed by atoms with Crippen molar-refractivity contribution in [2.24, 2.45) is 29.1 Å². The van der Waals surface area contributed by atoms with E-state index in [0.29, 0.717) is 25.7 Å². The fourth-order valence-corrected chi connectivity index (χ4v) is 6.21. The first-order chi connectivity index (χ1) is 17.9. The minimum Gasteiger partial charge on any atom is -0.496 e. The van der Waals surface area contributed by atoms with Crippen LogP contribution >= 0.6 is 0 Å². The first kappa shape index (κ1) is 28.2. The second kappa shape index (κ2) is 11.1. The second-order valence-electron chi connectivity index (χ2n) is 12.4. The van der Waals surface area contributed by atoms with Crippen LogP contribution in [0.15, 0.2) is 12.1 Å². The van der Waals surface area contributed by atoms with Gasteiger partial charge in [-0.3, -0.25) is 14.4 Å². The van der Waals surface area contributed by atoms with Crippen molar-refractivity contribution in [3.63, 3.8) is 0 Å². The summed E-state index contributed by atoms with van der Waals surface area (Å²) in [5.74, 6) is -2.17. The number of benzene rings is 1. The molecule has 0 aromatic heterocycles. The van der Waals surface area contributed by atoms with Gasteiger partial charge in [-0.2, -0.15) is 0 Å². The van der Waals surface area contributed by atoms with Gasteiger partial charge in [0.1, 0.15) is 5.75 Å². The number of nitrogens with one attached hydrogen (secondary N) is 2. The van der Waals surface area contributed by atoms with Gasteiger partial charge >= 0.3 is 5.97 Å². The molecule has 0 saturated heterocycles. The third-order valence-corrected chi connectivity index (χ3v) is 8.99. The molecule has 2 bridgehead atoms. The molecule has 3 fully saturated rings. The lowest BCUT2D eigenvalue weighted by Gasteiger charge is -2.34. The average molecular weight is 533 g/mol. The maximum absolute atomic E-state index is 14.9. The molecule has 1 aromatic carbocycles. The van der Waals surface area contributed by atoms with Crippen LogP contribution in [0.4, 0.5) is 4.39 Å². The van der Waals surface area contributed by atoms with Crippen LogP contribution in [0.5, 0.6) is 11.5 Å². The Labute approximate surface area is 224 Å². The molecule has 4 rings (SSSR count). The van der Waals surface area contributed by atoms with E-state index in [4.69, 9.17) is 9.47 Å². The molecular weight excluding hydrogens is 491 g/mol. The summed E-state index contributed by atoms with van der Waals surface area (Å²) in [6, 6.07) is 2.17. The Hall–Kier alpha value is -2.84. The molecule has 0 spiro atoms. The van der Waals surface area contributed by atoms with E-state index >= 15 is 0 Å². The van der Waals surface area contributed by atoms with Gasteiger partial charge < -0.3 is 25.2 Å². The predicted octanol–water partition coefficient (Wildman–Crippen LogP) is 4.55. The van der Waals surface area contributed by atoms with Gasteiger partial charge in [0, 0.05) is 18.2 Å². The van der Waals surface area contributed by atoms with E-state index < -0.39 is 23.6 Å². The van der Waals surface area contributed by atoms with Crippen LogP contribution in [0, 0.1) is 34.9 Å². The minimum absolute atomic E-state index is 0.0204. The molecule has 5 unspecified atom stereocenters. The van der Waals surface area contributed by atoms with Crippen LogP contribution in [0.3, 0.4) is 0 Å². The number of ether oxygens (including phenoxy) is 2. The molecule has 9 heteroatoms. The van der Waals surface area contributed by atoms with Crippen LogP contribution in [0.2, 0.25) is 0 Å². The highest BCUT2D eigenvalue weighted by Crippen LogP contribution is 2.49. The Morgan fingerprint density at radius 3 is 2.29 bits per heavy atom. The zero-order chi connectivity index (χ0) is 27.8. The number of hydrogen-bond acceptors (Lipinski definition) is 5. The van der Waals surface area contributed by atoms with Crippen molar-refractivity contribution in [1.29, 1.82) is 0 Å². The number of carboxylic acid groups (broad SMARTS) is 1. The number of halogens is 1. The van der Waals surface area contributed by atoms with Gasteiger partial charge in [-0.05, 0) is 75.2 Å². The smallest absolute Gasteiger partial charge is 0.306 e. The van der Waals surface area contributed by atoms with Crippen molar-refractivity contribution in [2.45, 2.75) is 90.8 Å². The van der Waals surface area contributed by atoms with Crippen molar-refractivity contribution in [1.82, 2.24) is 10.6 Å². The molecule has 1 aromatic rings. The highest BCUT2D eigenvalue weighted by Gasteiger charge is 2.51. The molecule has 0 aliphatic heterocycles. The predicted molar refractivity (Wildman–Crippen MR) is 140 cm³/mol. The topological polar surface area (TPSA) is 114 Å². The molecule has 38 heavy (non-hydrogen) atoms. The number of hydrogen-bond donors (Lipinski definition) is 3. The summed E-state index contributed by atoms with van der Waals surface area (Å²) < 4.78 is 26.1. The third-order valence-electron chi connectivity index (χ3n) is 8.99. The number of methoxy groups -OCH3 is 1. The van der Waals surface area contributed by atoms with Gasteiger partial charge in [0.25, 0.3) is 5.91 Å². The fourth-order valence-electron chi connectivity index (χ4n) is 6.21. The summed E-state index contributed by atoms with van der Waals surface area (Å²) in [5, 5.41) is 15.5. The monoisotopic (exact) mass is 532 g/mol. The standard InChI is InChI=1S/C29H41FN2O6/c1-15(29(2,3)4)31-27(34)24-17-6-7-18(12-17)25(24)32-26(33)20-13-23(21(30)14-22(20)37-5)38-19-10-8-16(9-11-19)28(35)36/h13-19,24-25H,6-12H2,1-5H3,(H,31,34)(H,32,33)(H,35,36). The Kier molecular flexibility index (Phi) is 8.23. The molecule has 3 saturated carbocycles. The van der Waals surface area contributed by atoms with Gasteiger partial charge in [-0.1, -0.05) is 20.8 Å². The van der Waals surface area contributed by atoms with E-state index in [9.17, 15) is 23.9 Å². The van der Waals surface area contributed by atoms with Crippen LogP contribution in [-0.2, 0) is 9.59 Å². The molecule has 0 radical (unpaired) electrons. The Balaban J connectivity index is 1.49. The maximum Gasteiger partial charge on any atom is 0.306 e. The highest BCUT2D eigenvalue weighted by molar-refractivity contribution is 5.98. The van der Waals surface area contributed by atoms with Crippen LogP contribution < -0.4 is 20.1 Å². The largest absolute Gasteiger partial charge is 0.496 e. The highest BCUT2D eigenvalue weighted by atomic mass is 19.1. The van der Waals surface area contributed by atoms with Crippen molar-refractivity contribution in [3.05, 3.63) is 23.5 Å². The third kappa shape index (κ3) is 5.91. The van der Waals surface area contributed by atoms with Crippen LogP contribution in [-0.4, -0.2) is 48.2 Å². The molecule has 2 amide bonds. The average Bonchev–Trinajstić information content (AvgIpc) is 3.46. The number of rotatable bonds is 8. The van der Waals surface area contributed by atoms with Gasteiger partial charge in [0.2, 0.25) is 5.91 Å². The number of carbonyl (C=O) groups is 3. The molecule has 8 nitrogen and oxygen atoms in total. The SMILES string of the molecule is COc1cc(F)c(OC2CCC(C(=O)O)CC2)cc1C(=O)NC1C2CCC(C2)C1C(=O)NC(C)C(C)(C)C. The van der Waals surface area contributed by atoms with E-state index in [1.54, 1.807) is 0 Å². The van der Waals surface area contributed by atoms with Gasteiger partial charge in [0.15, 0.2) is 11.6 Å². The normalized spacial score (nSPS) is 29.4. The van der Waals surface area contributed by atoms with E-state index in [-0.39, 0.29) is 64.3 Å². The van der Waals surface area contributed by atoms with Crippen molar-refractivity contribution >= 4 is 17.8 Å². The summed E-state index contributed by atoms with van der Waals surface area (Å²) >= 11 is 0. The molecule has 0 heterocycles. The number of carbonyl (C=O) groups excluding carboxylic acids is 2. The lowest BCUT2D eigenvalue weighted by molar-refractivity contribution is -0.143. The number of fused-ring (bicyclic) bond motifs is 2. The zero-order valence-electron chi connectivity index (χ0n) is 23.0.